The maximum atomic E-state index is 3.38. The number of hydrogen-bond donors (Lipinski definition) is 0. The van der Waals surface area contributed by atoms with Crippen LogP contribution in [0.4, 0.5) is 0 Å². The summed E-state index contributed by atoms with van der Waals surface area (Å²) in [7, 11) is 0. The molecule has 0 fully saturated rings. The van der Waals surface area contributed by atoms with E-state index in [1.165, 1.54) is 11.1 Å². The van der Waals surface area contributed by atoms with Crippen molar-refractivity contribution in [2.45, 2.75) is 26.1 Å². The molecule has 1 heteroatoms. The first-order valence-corrected chi connectivity index (χ1v) is 5.06. The summed E-state index contributed by atoms with van der Waals surface area (Å²) in [6.45, 7) is 6.10. The average Bonchev–Trinajstić information content (AvgIpc) is 2.10. The van der Waals surface area contributed by atoms with Gasteiger partial charge in [0.05, 0.1) is 0 Å². The molecule has 0 aliphatic heterocycles. The zero-order chi connectivity index (χ0) is 8.69. The van der Waals surface area contributed by atoms with Crippen LogP contribution in [0.2, 0.25) is 0 Å². The van der Waals surface area contributed by atoms with Crippen molar-refractivity contribution in [2.24, 2.45) is 0 Å². The monoisotopic (exact) mass is 214 g/mol. The first-order chi connectivity index (χ1) is 5.33. The molecule has 0 heterocycles. The maximum absolute atomic E-state index is 3.38. The molecule has 0 saturated heterocycles. The molecule has 0 aliphatic carbocycles. The first-order valence-electron chi connectivity index (χ1n) is 3.94. The van der Waals surface area contributed by atoms with Crippen LogP contribution in [0.25, 0.3) is 0 Å². The molecule has 62 valence electrons. The van der Waals surface area contributed by atoms with E-state index in [1.807, 2.05) is 13.8 Å². The van der Waals surface area contributed by atoms with E-state index in [1.54, 1.807) is 0 Å². The molecular weight excluding hydrogens is 200 g/mol. The summed E-state index contributed by atoms with van der Waals surface area (Å²) in [6.07, 6.45) is 0. The summed E-state index contributed by atoms with van der Waals surface area (Å²) in [4.78, 5) is 0. The normalized spacial score (nSPS) is 8.36. The number of aryl methyl sites for hydroxylation is 1. The van der Waals surface area contributed by atoms with Crippen molar-refractivity contribution >= 4 is 15.9 Å². The smallest absolute Gasteiger partial charge is 0.0283 e. The van der Waals surface area contributed by atoms with E-state index in [4.69, 9.17) is 0 Å². The lowest BCUT2D eigenvalue weighted by atomic mass is 10.2. The molecule has 0 N–H and O–H groups in total. The molecule has 1 aromatic rings. The van der Waals surface area contributed by atoms with Crippen molar-refractivity contribution in [2.75, 3.05) is 0 Å². The van der Waals surface area contributed by atoms with Gasteiger partial charge in [0.25, 0.3) is 0 Å². The Morgan fingerprint density at radius 2 is 1.55 bits per heavy atom. The minimum Gasteiger partial charge on any atom is -0.0876 e. The lowest BCUT2D eigenvalue weighted by Crippen LogP contribution is -1.75. The van der Waals surface area contributed by atoms with Crippen LogP contribution < -0.4 is 0 Å². The van der Waals surface area contributed by atoms with Crippen molar-refractivity contribution in [3.63, 3.8) is 0 Å². The summed E-state index contributed by atoms with van der Waals surface area (Å²) in [5, 5.41) is 0.952. The molecular formula is C10H15Br. The number of halogens is 1. The van der Waals surface area contributed by atoms with E-state index < -0.39 is 0 Å². The van der Waals surface area contributed by atoms with Gasteiger partial charge in [-0.3, -0.25) is 0 Å². The fraction of sp³-hybridized carbons (Fsp3) is 0.400. The van der Waals surface area contributed by atoms with E-state index in [-0.39, 0.29) is 0 Å². The summed E-state index contributed by atoms with van der Waals surface area (Å²) >= 11 is 3.38. The highest BCUT2D eigenvalue weighted by atomic mass is 79.9. The third kappa shape index (κ3) is 4.20. The molecule has 0 bridgehead atoms. The van der Waals surface area contributed by atoms with Crippen LogP contribution in [0.3, 0.4) is 0 Å². The van der Waals surface area contributed by atoms with Crippen molar-refractivity contribution in [1.29, 1.82) is 0 Å². The lowest BCUT2D eigenvalue weighted by Gasteiger charge is -1.93. The molecule has 0 saturated carbocycles. The molecule has 0 amide bonds. The lowest BCUT2D eigenvalue weighted by molar-refractivity contribution is 1.38. The van der Waals surface area contributed by atoms with Crippen LogP contribution in [-0.2, 0) is 5.33 Å². The van der Waals surface area contributed by atoms with Gasteiger partial charge in [-0.1, -0.05) is 59.6 Å². The van der Waals surface area contributed by atoms with Gasteiger partial charge >= 0.3 is 0 Å². The van der Waals surface area contributed by atoms with E-state index in [0.717, 1.165) is 5.33 Å². The van der Waals surface area contributed by atoms with Gasteiger partial charge in [0, 0.05) is 5.33 Å². The third-order valence-electron chi connectivity index (χ3n) is 1.27. The molecule has 0 aliphatic rings. The largest absolute Gasteiger partial charge is 0.0876 e. The Bertz CT molecular complexity index is 177. The average molecular weight is 215 g/mol. The Morgan fingerprint density at radius 1 is 1.09 bits per heavy atom. The summed E-state index contributed by atoms with van der Waals surface area (Å²) in [5.41, 5.74) is 2.65. The second kappa shape index (κ2) is 6.41. The van der Waals surface area contributed by atoms with Crippen LogP contribution >= 0.6 is 15.9 Å². The van der Waals surface area contributed by atoms with Crippen LogP contribution in [0.1, 0.15) is 25.0 Å². The SMILES string of the molecule is CC.Cc1ccc(CBr)cc1. The van der Waals surface area contributed by atoms with Gasteiger partial charge in [-0.2, -0.15) is 0 Å². The summed E-state index contributed by atoms with van der Waals surface area (Å²) < 4.78 is 0. The molecule has 11 heavy (non-hydrogen) atoms. The highest BCUT2D eigenvalue weighted by Crippen LogP contribution is 2.05. The Morgan fingerprint density at radius 3 is 1.91 bits per heavy atom. The zero-order valence-corrected chi connectivity index (χ0v) is 8.98. The topological polar surface area (TPSA) is 0 Å². The quantitative estimate of drug-likeness (QED) is 0.623. The Kier molecular flexibility index (Phi) is 6.24. The van der Waals surface area contributed by atoms with Crippen LogP contribution in [0.15, 0.2) is 24.3 Å². The van der Waals surface area contributed by atoms with E-state index in [0.29, 0.717) is 0 Å². The van der Waals surface area contributed by atoms with Gasteiger partial charge in [-0.05, 0) is 12.5 Å². The molecule has 0 unspecified atom stereocenters. The zero-order valence-electron chi connectivity index (χ0n) is 7.39. The second-order valence-corrected chi connectivity index (χ2v) is 2.68. The Balaban J connectivity index is 0.000000461. The van der Waals surface area contributed by atoms with Gasteiger partial charge < -0.3 is 0 Å². The molecule has 1 aromatic carbocycles. The molecule has 0 aromatic heterocycles. The van der Waals surface area contributed by atoms with Crippen molar-refractivity contribution < 1.29 is 0 Å². The minimum absolute atomic E-state index is 0.952. The summed E-state index contributed by atoms with van der Waals surface area (Å²) in [5.74, 6) is 0. The van der Waals surface area contributed by atoms with Crippen LogP contribution in [0, 0.1) is 6.92 Å². The predicted molar refractivity (Wildman–Crippen MR) is 55.2 cm³/mol. The number of alkyl halides is 1. The van der Waals surface area contributed by atoms with E-state index in [9.17, 15) is 0 Å². The van der Waals surface area contributed by atoms with Crippen molar-refractivity contribution in [3.8, 4) is 0 Å². The minimum atomic E-state index is 0.952. The van der Waals surface area contributed by atoms with Crippen LogP contribution in [0.5, 0.6) is 0 Å². The van der Waals surface area contributed by atoms with Gasteiger partial charge in [0.15, 0.2) is 0 Å². The Labute approximate surface area is 77.8 Å². The van der Waals surface area contributed by atoms with Crippen molar-refractivity contribution in [1.82, 2.24) is 0 Å². The molecule has 0 atom stereocenters. The van der Waals surface area contributed by atoms with Gasteiger partial charge in [0.1, 0.15) is 0 Å². The Hall–Kier alpha value is -0.300. The number of hydrogen-bond acceptors (Lipinski definition) is 0. The van der Waals surface area contributed by atoms with Gasteiger partial charge in [0.2, 0.25) is 0 Å². The fourth-order valence-electron chi connectivity index (χ4n) is 0.677. The fourth-order valence-corrected chi connectivity index (χ4v) is 1.05. The number of benzene rings is 1. The maximum Gasteiger partial charge on any atom is 0.0283 e. The molecule has 0 spiro atoms. The molecule has 0 nitrogen and oxygen atoms in total. The standard InChI is InChI=1S/C8H9Br.C2H6/c1-7-2-4-8(6-9)5-3-7;1-2/h2-5H,6H2,1H3;1-2H3. The molecule has 0 radical (unpaired) electrons. The number of rotatable bonds is 1. The van der Waals surface area contributed by atoms with Gasteiger partial charge in [-0.15, -0.1) is 0 Å². The van der Waals surface area contributed by atoms with Crippen LogP contribution in [-0.4, -0.2) is 0 Å². The third-order valence-corrected chi connectivity index (χ3v) is 1.92. The molecule has 1 rings (SSSR count). The van der Waals surface area contributed by atoms with E-state index in [2.05, 4.69) is 47.1 Å². The highest BCUT2D eigenvalue weighted by molar-refractivity contribution is 9.08. The van der Waals surface area contributed by atoms with E-state index >= 15 is 0 Å². The summed E-state index contributed by atoms with van der Waals surface area (Å²) in [6, 6.07) is 8.50. The first kappa shape index (κ1) is 10.7. The van der Waals surface area contributed by atoms with Gasteiger partial charge in [-0.25, -0.2) is 0 Å². The second-order valence-electron chi connectivity index (χ2n) is 2.12. The highest BCUT2D eigenvalue weighted by Gasteiger charge is 1.85. The predicted octanol–water partition coefficient (Wildman–Crippen LogP) is 3.92. The van der Waals surface area contributed by atoms with Crippen molar-refractivity contribution in [3.05, 3.63) is 35.4 Å².